The molecule has 0 radical (unpaired) electrons. The molecule has 0 atom stereocenters. The largest absolute Gasteiger partial charge is 0.483 e. The molecule has 0 heterocycles. The van der Waals surface area contributed by atoms with Crippen molar-refractivity contribution in [3.63, 3.8) is 0 Å². The number of amidine groups is 1. The quantitative estimate of drug-likeness (QED) is 0.297. The number of nitrogens with two attached hydrogens (primary N) is 1. The predicted molar refractivity (Wildman–Crippen MR) is 78.5 cm³/mol. The van der Waals surface area contributed by atoms with E-state index in [9.17, 15) is 4.79 Å². The van der Waals surface area contributed by atoms with E-state index >= 15 is 0 Å². The Morgan fingerprint density at radius 3 is 2.71 bits per heavy atom. The summed E-state index contributed by atoms with van der Waals surface area (Å²) < 4.78 is 10.6. The third kappa shape index (κ3) is 5.31. The zero-order valence-electron chi connectivity index (χ0n) is 12.4. The number of hydrogen-bond acceptors (Lipinski definition) is 5. The van der Waals surface area contributed by atoms with Gasteiger partial charge in [0.05, 0.1) is 11.2 Å². The number of para-hydroxylation sites is 1. The maximum absolute atomic E-state index is 11.7. The number of hydrogen-bond donors (Lipinski definition) is 3. The number of carbonyl (C=O) groups excluding carboxylic acids is 1. The van der Waals surface area contributed by atoms with Crippen molar-refractivity contribution in [3.8, 4) is 5.75 Å². The molecule has 7 nitrogen and oxygen atoms in total. The zero-order valence-corrected chi connectivity index (χ0v) is 12.4. The second kappa shape index (κ2) is 7.49. The summed E-state index contributed by atoms with van der Waals surface area (Å²) in [5.74, 6) is 0.00918. The lowest BCUT2D eigenvalue weighted by Gasteiger charge is -2.23. The summed E-state index contributed by atoms with van der Waals surface area (Å²) in [4.78, 5) is 11.7. The van der Waals surface area contributed by atoms with Crippen LogP contribution in [0.2, 0.25) is 0 Å². The van der Waals surface area contributed by atoms with Gasteiger partial charge >= 0.3 is 0 Å². The molecule has 0 saturated heterocycles. The highest BCUT2D eigenvalue weighted by Crippen LogP contribution is 2.17. The molecule has 21 heavy (non-hydrogen) atoms. The lowest BCUT2D eigenvalue weighted by Crippen LogP contribution is -2.41. The highest BCUT2D eigenvalue weighted by molar-refractivity contribution is 5.99. The molecule has 0 spiro atoms. The fraction of sp³-hybridized carbons (Fsp3) is 0.429. The summed E-state index contributed by atoms with van der Waals surface area (Å²) in [6.45, 7) is 3.92. The number of amides is 1. The van der Waals surface area contributed by atoms with E-state index in [1.54, 1.807) is 31.4 Å². The second-order valence-electron chi connectivity index (χ2n) is 5.01. The molecule has 0 unspecified atom stereocenters. The van der Waals surface area contributed by atoms with Crippen molar-refractivity contribution in [1.82, 2.24) is 5.32 Å². The molecule has 0 fully saturated rings. The summed E-state index contributed by atoms with van der Waals surface area (Å²) in [6.07, 6.45) is 0. The summed E-state index contributed by atoms with van der Waals surface area (Å²) >= 11 is 0. The van der Waals surface area contributed by atoms with Gasteiger partial charge in [0.1, 0.15) is 5.75 Å². The van der Waals surface area contributed by atoms with Gasteiger partial charge < -0.3 is 25.7 Å². The van der Waals surface area contributed by atoms with Gasteiger partial charge in [-0.15, -0.1) is 0 Å². The van der Waals surface area contributed by atoms with Crippen LogP contribution in [0.5, 0.6) is 5.75 Å². The normalized spacial score (nSPS) is 12.0. The van der Waals surface area contributed by atoms with Crippen LogP contribution in [0.15, 0.2) is 29.4 Å². The van der Waals surface area contributed by atoms with Crippen LogP contribution in [0.1, 0.15) is 19.4 Å². The number of methoxy groups -OCH3 is 1. The SMILES string of the molecule is COC(C)(C)CNC(=O)COc1ccccc1/C(N)=N/O. The van der Waals surface area contributed by atoms with Crippen LogP contribution in [0.4, 0.5) is 0 Å². The molecule has 0 bridgehead atoms. The van der Waals surface area contributed by atoms with Gasteiger partial charge in [-0.2, -0.15) is 0 Å². The Labute approximate surface area is 123 Å². The van der Waals surface area contributed by atoms with Gasteiger partial charge in [-0.25, -0.2) is 0 Å². The number of benzene rings is 1. The third-order valence-corrected chi connectivity index (χ3v) is 2.89. The number of nitrogens with one attached hydrogen (secondary N) is 1. The topological polar surface area (TPSA) is 106 Å². The van der Waals surface area contributed by atoms with E-state index < -0.39 is 5.60 Å². The van der Waals surface area contributed by atoms with Crippen molar-refractivity contribution in [2.75, 3.05) is 20.3 Å². The minimum absolute atomic E-state index is 0.0773. The fourth-order valence-electron chi connectivity index (χ4n) is 1.44. The van der Waals surface area contributed by atoms with Gasteiger partial charge in [0.2, 0.25) is 0 Å². The predicted octanol–water partition coefficient (Wildman–Crippen LogP) is 0.701. The molecule has 0 aliphatic rings. The zero-order chi connectivity index (χ0) is 15.9. The van der Waals surface area contributed by atoms with Crippen molar-refractivity contribution >= 4 is 11.7 Å². The van der Waals surface area contributed by atoms with Crippen LogP contribution < -0.4 is 15.8 Å². The van der Waals surface area contributed by atoms with Crippen LogP contribution in [0.25, 0.3) is 0 Å². The van der Waals surface area contributed by atoms with Crippen molar-refractivity contribution < 1.29 is 19.5 Å². The molecule has 1 aromatic rings. The Balaban J connectivity index is 2.58. The number of nitrogens with zero attached hydrogens (tertiary/aromatic N) is 1. The molecule has 1 rings (SSSR count). The fourth-order valence-corrected chi connectivity index (χ4v) is 1.44. The van der Waals surface area contributed by atoms with Gasteiger partial charge in [0.15, 0.2) is 12.4 Å². The molecule has 0 aliphatic carbocycles. The van der Waals surface area contributed by atoms with E-state index in [0.717, 1.165) is 0 Å². The maximum atomic E-state index is 11.7. The number of carbonyl (C=O) groups is 1. The van der Waals surface area contributed by atoms with Crippen LogP contribution in [-0.2, 0) is 9.53 Å². The Bertz CT molecular complexity index is 515. The van der Waals surface area contributed by atoms with E-state index in [1.807, 2.05) is 13.8 Å². The molecule has 1 aromatic carbocycles. The maximum Gasteiger partial charge on any atom is 0.258 e. The molecule has 0 aromatic heterocycles. The Kier molecular flexibility index (Phi) is 5.98. The van der Waals surface area contributed by atoms with Gasteiger partial charge in [-0.3, -0.25) is 4.79 Å². The number of ether oxygens (including phenoxy) is 2. The van der Waals surface area contributed by atoms with Crippen molar-refractivity contribution in [2.24, 2.45) is 10.9 Å². The van der Waals surface area contributed by atoms with Crippen LogP contribution in [0.3, 0.4) is 0 Å². The van der Waals surface area contributed by atoms with E-state index in [0.29, 0.717) is 17.9 Å². The average Bonchev–Trinajstić information content (AvgIpc) is 2.50. The first-order valence-electron chi connectivity index (χ1n) is 6.41. The summed E-state index contributed by atoms with van der Waals surface area (Å²) in [5, 5.41) is 14.3. The first kappa shape index (κ1) is 16.8. The van der Waals surface area contributed by atoms with Crippen LogP contribution in [-0.4, -0.2) is 42.8 Å². The average molecular weight is 295 g/mol. The third-order valence-electron chi connectivity index (χ3n) is 2.89. The lowest BCUT2D eigenvalue weighted by atomic mass is 10.1. The summed E-state index contributed by atoms with van der Waals surface area (Å²) in [5.41, 5.74) is 5.52. The van der Waals surface area contributed by atoms with Gasteiger partial charge in [-0.05, 0) is 26.0 Å². The standard InChI is InChI=1S/C14H21N3O4/c1-14(2,20-3)9-16-12(18)8-21-11-7-5-4-6-10(11)13(15)17-19/h4-7,19H,8-9H2,1-3H3,(H2,15,17)(H,16,18). The van der Waals surface area contributed by atoms with Crippen molar-refractivity contribution in [1.29, 1.82) is 0 Å². The van der Waals surface area contributed by atoms with Crippen LogP contribution in [0, 0.1) is 0 Å². The molecule has 4 N–H and O–H groups in total. The molecule has 1 amide bonds. The van der Waals surface area contributed by atoms with E-state index in [1.165, 1.54) is 0 Å². The van der Waals surface area contributed by atoms with E-state index in [-0.39, 0.29) is 18.3 Å². The highest BCUT2D eigenvalue weighted by Gasteiger charge is 2.17. The Hall–Kier alpha value is -2.28. The Morgan fingerprint density at radius 2 is 2.10 bits per heavy atom. The van der Waals surface area contributed by atoms with Gasteiger partial charge in [0.25, 0.3) is 5.91 Å². The summed E-state index contributed by atoms with van der Waals surface area (Å²) in [6, 6.07) is 6.73. The number of rotatable bonds is 7. The first-order valence-corrected chi connectivity index (χ1v) is 6.41. The minimum atomic E-state index is -0.443. The van der Waals surface area contributed by atoms with Crippen molar-refractivity contribution in [3.05, 3.63) is 29.8 Å². The minimum Gasteiger partial charge on any atom is -0.483 e. The highest BCUT2D eigenvalue weighted by atomic mass is 16.5. The van der Waals surface area contributed by atoms with Crippen LogP contribution >= 0.6 is 0 Å². The number of oxime groups is 1. The van der Waals surface area contributed by atoms with E-state index in [2.05, 4.69) is 10.5 Å². The lowest BCUT2D eigenvalue weighted by molar-refractivity contribution is -0.124. The Morgan fingerprint density at radius 1 is 1.43 bits per heavy atom. The monoisotopic (exact) mass is 295 g/mol. The molecule has 116 valence electrons. The van der Waals surface area contributed by atoms with Crippen molar-refractivity contribution in [2.45, 2.75) is 19.4 Å². The first-order chi connectivity index (χ1) is 9.89. The molecular formula is C14H21N3O4. The molecule has 0 aliphatic heterocycles. The smallest absolute Gasteiger partial charge is 0.258 e. The molecule has 7 heteroatoms. The molecular weight excluding hydrogens is 274 g/mol. The summed E-state index contributed by atoms with van der Waals surface area (Å²) in [7, 11) is 1.58. The van der Waals surface area contributed by atoms with E-state index in [4.69, 9.17) is 20.4 Å². The van der Waals surface area contributed by atoms with Gasteiger partial charge in [0, 0.05) is 13.7 Å². The second-order valence-corrected chi connectivity index (χ2v) is 5.01. The van der Waals surface area contributed by atoms with Gasteiger partial charge in [-0.1, -0.05) is 17.3 Å². The molecule has 0 saturated carbocycles.